The zero-order valence-corrected chi connectivity index (χ0v) is 24.9. The number of ether oxygens (including phenoxy) is 2. The van der Waals surface area contributed by atoms with Gasteiger partial charge in [-0.1, -0.05) is 48.4 Å². The predicted octanol–water partition coefficient (Wildman–Crippen LogP) is 7.77. The molecule has 4 aromatic rings. The fourth-order valence-corrected chi connectivity index (χ4v) is 6.27. The number of aliphatic hydroxyl groups excluding tert-OH is 1. The Morgan fingerprint density at radius 2 is 1.78 bits per heavy atom. The molecule has 1 aliphatic rings. The minimum absolute atomic E-state index is 0.0356. The van der Waals surface area contributed by atoms with Gasteiger partial charge in [-0.05, 0) is 86.3 Å². The highest BCUT2D eigenvalue weighted by atomic mass is 35.5. The van der Waals surface area contributed by atoms with Crippen molar-refractivity contribution in [3.8, 4) is 11.5 Å². The molecule has 7 nitrogen and oxygen atoms in total. The normalized spacial score (nSPS) is 16.5. The molecular weight excluding hydrogens is 560 g/mol. The van der Waals surface area contributed by atoms with Crippen molar-refractivity contribution in [2.24, 2.45) is 0 Å². The Morgan fingerprint density at radius 3 is 2.49 bits per heavy atom. The molecule has 1 N–H and O–H groups in total. The minimum Gasteiger partial charge on any atom is -0.507 e. The van der Waals surface area contributed by atoms with Crippen LogP contribution in [-0.2, 0) is 9.59 Å². The first-order chi connectivity index (χ1) is 19.7. The summed E-state index contributed by atoms with van der Waals surface area (Å²) in [5, 5.41) is 12.3. The average Bonchev–Trinajstić information content (AvgIpc) is 3.48. The Kier molecular flexibility index (Phi) is 8.33. The van der Waals surface area contributed by atoms with Gasteiger partial charge in [0.05, 0.1) is 35.0 Å². The van der Waals surface area contributed by atoms with Crippen LogP contribution in [0.1, 0.15) is 55.0 Å². The van der Waals surface area contributed by atoms with E-state index in [4.69, 9.17) is 26.1 Å². The second kappa shape index (κ2) is 11.9. The smallest absolute Gasteiger partial charge is 0.301 e. The highest BCUT2D eigenvalue weighted by Crippen LogP contribution is 2.46. The Labute approximate surface area is 248 Å². The SMILES string of the molecule is CCCCOc1ccc(C2C(=C(O)c3ccc(Cl)cc3)C(=O)C(=O)N2c2nc3c(C)cc(C)cc3s2)cc1OCC. The molecule has 0 saturated carbocycles. The number of ketones is 1. The topological polar surface area (TPSA) is 89.0 Å². The first-order valence-electron chi connectivity index (χ1n) is 13.6. The molecule has 0 bridgehead atoms. The van der Waals surface area contributed by atoms with Crippen LogP contribution in [0.5, 0.6) is 11.5 Å². The van der Waals surface area contributed by atoms with Crippen molar-refractivity contribution in [3.05, 3.63) is 87.4 Å². The molecule has 1 amide bonds. The molecule has 212 valence electrons. The van der Waals surface area contributed by atoms with Gasteiger partial charge in [-0.15, -0.1) is 0 Å². The number of hydrogen-bond acceptors (Lipinski definition) is 7. The van der Waals surface area contributed by atoms with Crippen molar-refractivity contribution in [1.29, 1.82) is 0 Å². The molecule has 2 heterocycles. The summed E-state index contributed by atoms with van der Waals surface area (Å²) in [4.78, 5) is 33.5. The van der Waals surface area contributed by atoms with E-state index < -0.39 is 17.7 Å². The summed E-state index contributed by atoms with van der Waals surface area (Å²) in [6.45, 7) is 8.87. The van der Waals surface area contributed by atoms with E-state index in [1.807, 2.05) is 32.9 Å². The van der Waals surface area contributed by atoms with E-state index in [2.05, 4.69) is 6.92 Å². The van der Waals surface area contributed by atoms with E-state index in [0.717, 1.165) is 34.2 Å². The number of benzene rings is 3. The number of rotatable bonds is 9. The Bertz CT molecular complexity index is 1660. The lowest BCUT2D eigenvalue weighted by molar-refractivity contribution is -0.132. The van der Waals surface area contributed by atoms with Crippen LogP contribution in [0, 0.1) is 13.8 Å². The molecule has 9 heteroatoms. The van der Waals surface area contributed by atoms with Crippen molar-refractivity contribution >= 4 is 55.7 Å². The molecule has 1 fully saturated rings. The van der Waals surface area contributed by atoms with Gasteiger partial charge in [-0.25, -0.2) is 4.98 Å². The maximum atomic E-state index is 13.7. The van der Waals surface area contributed by atoms with Crippen LogP contribution in [0.25, 0.3) is 16.0 Å². The third-order valence-electron chi connectivity index (χ3n) is 6.93. The van der Waals surface area contributed by atoms with Crippen LogP contribution in [0.3, 0.4) is 0 Å². The van der Waals surface area contributed by atoms with Gasteiger partial charge in [-0.3, -0.25) is 14.5 Å². The third-order valence-corrected chi connectivity index (χ3v) is 8.18. The lowest BCUT2D eigenvalue weighted by Crippen LogP contribution is -2.29. The number of hydrogen-bond donors (Lipinski definition) is 1. The highest BCUT2D eigenvalue weighted by molar-refractivity contribution is 7.22. The van der Waals surface area contributed by atoms with Gasteiger partial charge in [0.25, 0.3) is 5.78 Å². The summed E-state index contributed by atoms with van der Waals surface area (Å²) in [6, 6.07) is 14.9. The van der Waals surface area contributed by atoms with Crippen molar-refractivity contribution in [2.75, 3.05) is 18.1 Å². The monoisotopic (exact) mass is 590 g/mol. The molecule has 0 aliphatic carbocycles. The van der Waals surface area contributed by atoms with E-state index in [-0.39, 0.29) is 11.3 Å². The van der Waals surface area contributed by atoms with Gasteiger partial charge < -0.3 is 14.6 Å². The van der Waals surface area contributed by atoms with Crippen LogP contribution >= 0.6 is 22.9 Å². The number of amides is 1. The Hall–Kier alpha value is -3.88. The number of anilines is 1. The van der Waals surface area contributed by atoms with Gasteiger partial charge >= 0.3 is 5.91 Å². The fraction of sp³-hybridized carbons (Fsp3) is 0.281. The van der Waals surface area contributed by atoms with Crippen LogP contribution in [0.15, 0.2) is 60.2 Å². The van der Waals surface area contributed by atoms with Gasteiger partial charge in [0.2, 0.25) is 0 Å². The average molecular weight is 591 g/mol. The second-order valence-electron chi connectivity index (χ2n) is 9.94. The minimum atomic E-state index is -0.948. The Morgan fingerprint density at radius 1 is 1.02 bits per heavy atom. The summed E-state index contributed by atoms with van der Waals surface area (Å²) >= 11 is 7.40. The van der Waals surface area contributed by atoms with E-state index >= 15 is 0 Å². The summed E-state index contributed by atoms with van der Waals surface area (Å²) < 4.78 is 12.8. The molecule has 1 unspecified atom stereocenters. The van der Waals surface area contributed by atoms with Gasteiger partial charge in [0.15, 0.2) is 16.6 Å². The lowest BCUT2D eigenvalue weighted by Gasteiger charge is -2.24. The van der Waals surface area contributed by atoms with Gasteiger partial charge in [0.1, 0.15) is 5.76 Å². The van der Waals surface area contributed by atoms with E-state index in [1.54, 1.807) is 42.5 Å². The summed E-state index contributed by atoms with van der Waals surface area (Å²) in [6.07, 6.45) is 1.88. The number of thiazole rings is 1. The number of aryl methyl sites for hydroxylation is 2. The summed E-state index contributed by atoms with van der Waals surface area (Å²) in [5.74, 6) is -0.781. The largest absolute Gasteiger partial charge is 0.507 e. The number of aromatic nitrogens is 1. The maximum Gasteiger partial charge on any atom is 0.301 e. The summed E-state index contributed by atoms with van der Waals surface area (Å²) in [5.41, 5.74) is 3.74. The molecule has 3 aromatic carbocycles. The molecule has 0 spiro atoms. The zero-order valence-electron chi connectivity index (χ0n) is 23.4. The molecule has 1 aromatic heterocycles. The van der Waals surface area contributed by atoms with Crippen molar-refractivity contribution in [2.45, 2.75) is 46.6 Å². The molecule has 0 radical (unpaired) electrons. The van der Waals surface area contributed by atoms with Crippen molar-refractivity contribution in [1.82, 2.24) is 4.98 Å². The van der Waals surface area contributed by atoms with Crippen molar-refractivity contribution < 1.29 is 24.2 Å². The number of unbranched alkanes of at least 4 members (excludes halogenated alkanes) is 1. The highest BCUT2D eigenvalue weighted by Gasteiger charge is 2.48. The number of Topliss-reactive ketones (excluding diaryl/α,β-unsaturated/α-hetero) is 1. The lowest BCUT2D eigenvalue weighted by atomic mass is 9.95. The number of fused-ring (bicyclic) bond motifs is 1. The number of carbonyl (C=O) groups excluding carboxylic acids is 2. The number of nitrogens with zero attached hydrogens (tertiary/aromatic N) is 2. The molecule has 1 atom stereocenters. The number of aliphatic hydroxyl groups is 1. The Balaban J connectivity index is 1.70. The van der Waals surface area contributed by atoms with E-state index in [1.165, 1.54) is 16.2 Å². The molecule has 41 heavy (non-hydrogen) atoms. The van der Waals surface area contributed by atoms with Gasteiger partial charge in [0, 0.05) is 10.6 Å². The van der Waals surface area contributed by atoms with E-state index in [0.29, 0.717) is 46.0 Å². The number of carbonyl (C=O) groups is 2. The van der Waals surface area contributed by atoms with E-state index in [9.17, 15) is 14.7 Å². The molecule has 1 aliphatic heterocycles. The molecule has 5 rings (SSSR count). The number of halogens is 1. The standard InChI is InChI=1S/C32H31ClN2O5S/c1-5-7-14-40-23-13-10-21(17-24(23)39-6-2)28-26(29(36)20-8-11-22(33)12-9-20)30(37)31(38)35(28)32-34-27-19(4)15-18(3)16-25(27)41-32/h8-13,15-17,28,36H,5-7,14H2,1-4H3. The second-order valence-corrected chi connectivity index (χ2v) is 11.4. The van der Waals surface area contributed by atoms with Crippen LogP contribution in [-0.4, -0.2) is 35.0 Å². The van der Waals surface area contributed by atoms with Crippen LogP contribution in [0.4, 0.5) is 5.13 Å². The quantitative estimate of drug-likeness (QED) is 0.0927. The van der Waals surface area contributed by atoms with Crippen LogP contribution in [0.2, 0.25) is 5.02 Å². The summed E-state index contributed by atoms with van der Waals surface area (Å²) in [7, 11) is 0. The third kappa shape index (κ3) is 5.54. The first kappa shape index (κ1) is 28.6. The van der Waals surface area contributed by atoms with Crippen molar-refractivity contribution in [3.63, 3.8) is 0 Å². The maximum absolute atomic E-state index is 13.7. The van der Waals surface area contributed by atoms with Crippen LogP contribution < -0.4 is 14.4 Å². The predicted molar refractivity (Wildman–Crippen MR) is 163 cm³/mol. The zero-order chi connectivity index (χ0) is 29.3. The first-order valence-corrected chi connectivity index (χ1v) is 14.8. The van der Waals surface area contributed by atoms with Gasteiger partial charge in [-0.2, -0.15) is 0 Å². The molecule has 1 saturated heterocycles. The molecular formula is C32H31ClN2O5S. The fourth-order valence-electron chi connectivity index (χ4n) is 4.98.